The molecular weight excluding hydrogens is 376 g/mol. The van der Waals surface area contributed by atoms with Crippen molar-refractivity contribution in [2.45, 2.75) is 25.2 Å². The van der Waals surface area contributed by atoms with Gasteiger partial charge in [0.05, 0.1) is 12.3 Å². The van der Waals surface area contributed by atoms with Crippen LogP contribution in [0.3, 0.4) is 0 Å². The van der Waals surface area contributed by atoms with Crippen molar-refractivity contribution in [1.82, 2.24) is 15.0 Å². The molecule has 3 aromatic rings. The summed E-state index contributed by atoms with van der Waals surface area (Å²) in [7, 11) is 0. The van der Waals surface area contributed by atoms with Gasteiger partial charge in [-0.1, -0.05) is 28.9 Å². The Morgan fingerprint density at radius 1 is 1.18 bits per heavy atom. The van der Waals surface area contributed by atoms with Crippen LogP contribution in [0.1, 0.15) is 30.2 Å². The first-order valence-electron chi connectivity index (χ1n) is 9.30. The minimum absolute atomic E-state index is 0.0534. The van der Waals surface area contributed by atoms with E-state index in [9.17, 15) is 4.79 Å². The molecule has 2 N–H and O–H groups in total. The zero-order valence-electron chi connectivity index (χ0n) is 15.3. The van der Waals surface area contributed by atoms with Crippen LogP contribution < -0.4 is 5.73 Å². The molecule has 2 heterocycles. The fraction of sp³-hybridized carbons (Fsp3) is 0.286. The second kappa shape index (κ2) is 8.02. The molecule has 1 amide bonds. The number of aromatic nitrogens is 2. The summed E-state index contributed by atoms with van der Waals surface area (Å²) < 4.78 is 5.50. The van der Waals surface area contributed by atoms with Gasteiger partial charge in [0.2, 0.25) is 17.6 Å². The van der Waals surface area contributed by atoms with E-state index in [1.807, 2.05) is 41.3 Å². The number of benzene rings is 2. The standard InChI is InChI=1S/C21H21ClN4O2/c22-17-7-5-15(6-8-17)20-24-21(28-25-20)16-2-1-11-26(13-16)19(27)12-14-3-9-18(23)10-4-14/h3-10,16H,1-2,11-13,23H2. The molecule has 0 bridgehead atoms. The van der Waals surface area contributed by atoms with Gasteiger partial charge in [-0.25, -0.2) is 0 Å². The average molecular weight is 397 g/mol. The molecule has 1 fully saturated rings. The molecule has 0 saturated carbocycles. The number of hydrogen-bond acceptors (Lipinski definition) is 5. The maximum atomic E-state index is 12.7. The topological polar surface area (TPSA) is 85.3 Å². The third-order valence-corrected chi connectivity index (χ3v) is 5.25. The number of nitrogen functional groups attached to an aromatic ring is 1. The van der Waals surface area contributed by atoms with Crippen LogP contribution in [0.25, 0.3) is 11.4 Å². The van der Waals surface area contributed by atoms with Crippen molar-refractivity contribution >= 4 is 23.2 Å². The lowest BCUT2D eigenvalue weighted by molar-refractivity contribution is -0.131. The van der Waals surface area contributed by atoms with Crippen LogP contribution in [0.5, 0.6) is 0 Å². The lowest BCUT2D eigenvalue weighted by Gasteiger charge is -2.31. The van der Waals surface area contributed by atoms with Gasteiger partial charge in [0.25, 0.3) is 0 Å². The number of hydrogen-bond donors (Lipinski definition) is 1. The summed E-state index contributed by atoms with van der Waals surface area (Å²) in [5.74, 6) is 1.27. The van der Waals surface area contributed by atoms with E-state index in [2.05, 4.69) is 10.1 Å². The largest absolute Gasteiger partial charge is 0.399 e. The number of carbonyl (C=O) groups excluding carboxylic acids is 1. The number of amides is 1. The number of carbonyl (C=O) groups is 1. The molecule has 1 aromatic heterocycles. The summed E-state index contributed by atoms with van der Waals surface area (Å²) in [5.41, 5.74) is 8.22. The summed E-state index contributed by atoms with van der Waals surface area (Å²) in [4.78, 5) is 19.1. The number of nitrogens with two attached hydrogens (primary N) is 1. The van der Waals surface area contributed by atoms with E-state index < -0.39 is 0 Å². The second-order valence-electron chi connectivity index (χ2n) is 7.06. The number of rotatable bonds is 4. The Morgan fingerprint density at radius 3 is 2.68 bits per heavy atom. The highest BCUT2D eigenvalue weighted by Crippen LogP contribution is 2.28. The average Bonchev–Trinajstić information content (AvgIpc) is 3.21. The second-order valence-corrected chi connectivity index (χ2v) is 7.50. The van der Waals surface area contributed by atoms with Crippen molar-refractivity contribution in [3.05, 3.63) is 65.0 Å². The van der Waals surface area contributed by atoms with Crippen LogP contribution in [0.4, 0.5) is 5.69 Å². The van der Waals surface area contributed by atoms with Crippen LogP contribution in [0.2, 0.25) is 5.02 Å². The predicted molar refractivity (Wildman–Crippen MR) is 108 cm³/mol. The quantitative estimate of drug-likeness (QED) is 0.675. The van der Waals surface area contributed by atoms with E-state index in [-0.39, 0.29) is 11.8 Å². The van der Waals surface area contributed by atoms with Gasteiger partial charge in [0, 0.05) is 29.4 Å². The minimum Gasteiger partial charge on any atom is -0.399 e. The van der Waals surface area contributed by atoms with Crippen molar-refractivity contribution in [3.63, 3.8) is 0 Å². The Kier molecular flexibility index (Phi) is 5.30. The Morgan fingerprint density at radius 2 is 1.93 bits per heavy atom. The first-order chi connectivity index (χ1) is 13.6. The van der Waals surface area contributed by atoms with E-state index >= 15 is 0 Å². The summed E-state index contributed by atoms with van der Waals surface area (Å²) in [6, 6.07) is 14.7. The molecule has 7 heteroatoms. The molecule has 1 saturated heterocycles. The van der Waals surface area contributed by atoms with Gasteiger partial charge in [0.1, 0.15) is 0 Å². The SMILES string of the molecule is Nc1ccc(CC(=O)N2CCCC(c3nc(-c4ccc(Cl)cc4)no3)C2)cc1. The number of nitrogens with zero attached hydrogens (tertiary/aromatic N) is 3. The molecule has 1 atom stereocenters. The monoisotopic (exact) mass is 396 g/mol. The first kappa shape index (κ1) is 18.5. The van der Waals surface area contributed by atoms with E-state index in [4.69, 9.17) is 21.9 Å². The van der Waals surface area contributed by atoms with Crippen LogP contribution in [-0.2, 0) is 11.2 Å². The van der Waals surface area contributed by atoms with Crippen molar-refractivity contribution in [3.8, 4) is 11.4 Å². The fourth-order valence-electron chi connectivity index (χ4n) is 3.44. The van der Waals surface area contributed by atoms with Crippen LogP contribution in [0, 0.1) is 0 Å². The lowest BCUT2D eigenvalue weighted by atomic mass is 9.97. The van der Waals surface area contributed by atoms with E-state index in [1.54, 1.807) is 12.1 Å². The number of piperidine rings is 1. The third-order valence-electron chi connectivity index (χ3n) is 5.00. The summed E-state index contributed by atoms with van der Waals surface area (Å²) in [6.07, 6.45) is 2.21. The Hall–Kier alpha value is -2.86. The maximum Gasteiger partial charge on any atom is 0.231 e. The highest BCUT2D eigenvalue weighted by Gasteiger charge is 2.28. The zero-order valence-corrected chi connectivity index (χ0v) is 16.1. The van der Waals surface area contributed by atoms with Crippen molar-refractivity contribution in [2.24, 2.45) is 0 Å². The van der Waals surface area contributed by atoms with Gasteiger partial charge >= 0.3 is 0 Å². The maximum absolute atomic E-state index is 12.7. The molecule has 0 aliphatic carbocycles. The van der Waals surface area contributed by atoms with Gasteiger partial charge in [0.15, 0.2) is 0 Å². The van der Waals surface area contributed by atoms with Gasteiger partial charge in [-0.15, -0.1) is 0 Å². The molecule has 1 unspecified atom stereocenters. The highest BCUT2D eigenvalue weighted by atomic mass is 35.5. The normalized spacial score (nSPS) is 16.9. The van der Waals surface area contributed by atoms with Gasteiger partial charge in [-0.05, 0) is 54.8 Å². The molecule has 6 nitrogen and oxygen atoms in total. The lowest BCUT2D eigenvalue weighted by Crippen LogP contribution is -2.40. The van der Waals surface area contributed by atoms with Crippen LogP contribution in [0.15, 0.2) is 53.1 Å². The molecule has 4 rings (SSSR count). The Balaban J connectivity index is 1.43. The fourth-order valence-corrected chi connectivity index (χ4v) is 3.57. The molecule has 1 aliphatic rings. The molecule has 0 spiro atoms. The number of likely N-dealkylation sites (tertiary alicyclic amines) is 1. The van der Waals surface area contributed by atoms with E-state index in [0.717, 1.165) is 30.5 Å². The molecule has 144 valence electrons. The van der Waals surface area contributed by atoms with E-state index in [0.29, 0.717) is 35.4 Å². The molecule has 2 aromatic carbocycles. The zero-order chi connectivity index (χ0) is 19.5. The van der Waals surface area contributed by atoms with Gasteiger partial charge in [-0.3, -0.25) is 4.79 Å². The first-order valence-corrected chi connectivity index (χ1v) is 9.68. The Bertz CT molecular complexity index is 953. The summed E-state index contributed by atoms with van der Waals surface area (Å²) >= 11 is 5.93. The molecule has 28 heavy (non-hydrogen) atoms. The third kappa shape index (κ3) is 4.17. The summed E-state index contributed by atoms with van der Waals surface area (Å²) in [6.45, 7) is 1.35. The van der Waals surface area contributed by atoms with Crippen molar-refractivity contribution < 1.29 is 9.32 Å². The van der Waals surface area contributed by atoms with Crippen molar-refractivity contribution in [2.75, 3.05) is 18.8 Å². The molecule has 1 aliphatic heterocycles. The molecule has 0 radical (unpaired) electrons. The summed E-state index contributed by atoms with van der Waals surface area (Å²) in [5, 5.41) is 4.75. The number of anilines is 1. The highest BCUT2D eigenvalue weighted by molar-refractivity contribution is 6.30. The van der Waals surface area contributed by atoms with E-state index in [1.165, 1.54) is 0 Å². The predicted octanol–water partition coefficient (Wildman–Crippen LogP) is 3.92. The minimum atomic E-state index is 0.0534. The Labute approximate surface area is 168 Å². The molecular formula is C21H21ClN4O2. The van der Waals surface area contributed by atoms with Gasteiger partial charge < -0.3 is 15.2 Å². The van der Waals surface area contributed by atoms with Gasteiger partial charge in [-0.2, -0.15) is 4.98 Å². The smallest absolute Gasteiger partial charge is 0.231 e. The van der Waals surface area contributed by atoms with Crippen LogP contribution in [-0.4, -0.2) is 34.0 Å². The van der Waals surface area contributed by atoms with Crippen molar-refractivity contribution in [1.29, 1.82) is 0 Å². The number of halogens is 1. The van der Waals surface area contributed by atoms with Crippen LogP contribution >= 0.6 is 11.6 Å².